The van der Waals surface area contributed by atoms with Crippen LogP contribution in [-0.2, 0) is 17.8 Å². The number of rotatable bonds is 7. The van der Waals surface area contributed by atoms with E-state index in [4.69, 9.17) is 0 Å². The first-order valence-electron chi connectivity index (χ1n) is 11.1. The number of likely N-dealkylation sites (N-methyl/N-ethyl adjacent to an activating group) is 1. The number of hydrogen-bond donors (Lipinski definition) is 2. The molecule has 5 rings (SSSR count). The van der Waals surface area contributed by atoms with Crippen LogP contribution < -0.4 is 0 Å². The monoisotopic (exact) mass is 447 g/mol. The zero-order valence-electron chi connectivity index (χ0n) is 18.5. The Hall–Kier alpha value is -3.59. The van der Waals surface area contributed by atoms with Gasteiger partial charge in [0.1, 0.15) is 17.5 Å². The van der Waals surface area contributed by atoms with Crippen LogP contribution in [-0.4, -0.2) is 61.0 Å². The van der Waals surface area contributed by atoms with E-state index in [1.54, 1.807) is 12.1 Å². The number of amides is 1. The van der Waals surface area contributed by atoms with Crippen LogP contribution in [0.5, 0.6) is 0 Å². The highest BCUT2D eigenvalue weighted by molar-refractivity contribution is 5.79. The molecule has 1 fully saturated rings. The van der Waals surface area contributed by atoms with Crippen LogP contribution >= 0.6 is 0 Å². The molecule has 0 radical (unpaired) electrons. The van der Waals surface area contributed by atoms with E-state index in [0.717, 1.165) is 35.3 Å². The van der Waals surface area contributed by atoms with Crippen molar-refractivity contribution >= 4 is 16.9 Å². The number of carbonyl (C=O) groups excluding carboxylic acids is 1. The molecule has 1 amide bonds. The van der Waals surface area contributed by atoms with E-state index in [-0.39, 0.29) is 17.8 Å². The van der Waals surface area contributed by atoms with Gasteiger partial charge in [-0.25, -0.2) is 14.4 Å². The number of imidazole rings is 1. The van der Waals surface area contributed by atoms with Crippen LogP contribution in [0, 0.1) is 5.82 Å². The lowest BCUT2D eigenvalue weighted by molar-refractivity contribution is -0.133. The number of fused-ring (bicyclic) bond motifs is 1. The fraction of sp³-hybridized carbons (Fsp3) is 0.333. The fourth-order valence-corrected chi connectivity index (χ4v) is 4.38. The molecule has 0 spiro atoms. The average Bonchev–Trinajstić information content (AvgIpc) is 3.54. The maximum absolute atomic E-state index is 13.1. The Labute approximate surface area is 190 Å². The summed E-state index contributed by atoms with van der Waals surface area (Å²) in [5.74, 6) is 1.98. The standard InChI is InChI=1S/C24H26FN7O/c1-31(14-22-26-18-5-2-3-6-19(18)27-22)15-23(33)32-12-4-7-20(32)24-28-21(29-30-24)13-16-8-10-17(25)11-9-16/h2-3,5-6,8-11,20H,4,7,12-15H2,1H3,(H,26,27)(H,28,29,30)/t20-/m0/s1. The van der Waals surface area contributed by atoms with Gasteiger partial charge in [-0.15, -0.1) is 0 Å². The van der Waals surface area contributed by atoms with Crippen molar-refractivity contribution in [3.63, 3.8) is 0 Å². The number of H-pyrrole nitrogens is 2. The third kappa shape index (κ3) is 4.78. The minimum absolute atomic E-state index is 0.0565. The summed E-state index contributed by atoms with van der Waals surface area (Å²) >= 11 is 0. The second-order valence-corrected chi connectivity index (χ2v) is 8.56. The Balaban J connectivity index is 1.21. The van der Waals surface area contributed by atoms with Crippen LogP contribution in [0.1, 0.15) is 41.9 Å². The number of nitrogens with zero attached hydrogens (tertiary/aromatic N) is 5. The molecule has 0 aliphatic carbocycles. The third-order valence-electron chi connectivity index (χ3n) is 5.97. The molecular formula is C24H26FN7O. The molecule has 33 heavy (non-hydrogen) atoms. The Morgan fingerprint density at radius 3 is 2.79 bits per heavy atom. The van der Waals surface area contributed by atoms with Crippen molar-refractivity contribution in [3.05, 3.63) is 77.4 Å². The zero-order valence-corrected chi connectivity index (χ0v) is 18.5. The van der Waals surface area contributed by atoms with E-state index in [9.17, 15) is 9.18 Å². The van der Waals surface area contributed by atoms with Gasteiger partial charge >= 0.3 is 0 Å². The summed E-state index contributed by atoms with van der Waals surface area (Å²) in [6.45, 7) is 1.55. The van der Waals surface area contributed by atoms with Crippen LogP contribution in [0.15, 0.2) is 48.5 Å². The van der Waals surface area contributed by atoms with Crippen molar-refractivity contribution in [2.75, 3.05) is 20.1 Å². The summed E-state index contributed by atoms with van der Waals surface area (Å²) in [7, 11) is 1.92. The summed E-state index contributed by atoms with van der Waals surface area (Å²) in [6.07, 6.45) is 2.30. The molecule has 1 saturated heterocycles. The van der Waals surface area contributed by atoms with E-state index in [1.165, 1.54) is 12.1 Å². The molecule has 8 nitrogen and oxygen atoms in total. The predicted molar refractivity (Wildman–Crippen MR) is 122 cm³/mol. The van der Waals surface area contributed by atoms with Crippen LogP contribution in [0.3, 0.4) is 0 Å². The lowest BCUT2D eigenvalue weighted by atomic mass is 10.1. The topological polar surface area (TPSA) is 93.8 Å². The van der Waals surface area contributed by atoms with Crippen molar-refractivity contribution in [1.82, 2.24) is 34.9 Å². The number of benzene rings is 2. The molecule has 1 aliphatic rings. The number of carbonyl (C=O) groups is 1. The van der Waals surface area contributed by atoms with Gasteiger partial charge in [-0.2, -0.15) is 5.10 Å². The first-order chi connectivity index (χ1) is 16.0. The van der Waals surface area contributed by atoms with Crippen LogP contribution in [0.25, 0.3) is 11.0 Å². The summed E-state index contributed by atoms with van der Waals surface area (Å²) < 4.78 is 13.1. The highest BCUT2D eigenvalue weighted by atomic mass is 19.1. The van der Waals surface area contributed by atoms with E-state index in [0.29, 0.717) is 37.7 Å². The molecular weight excluding hydrogens is 421 g/mol. The number of likely N-dealkylation sites (tertiary alicyclic amines) is 1. The Bertz CT molecular complexity index is 1220. The minimum atomic E-state index is -0.262. The molecule has 170 valence electrons. The van der Waals surface area contributed by atoms with Crippen molar-refractivity contribution in [2.24, 2.45) is 0 Å². The predicted octanol–water partition coefficient (Wildman–Crippen LogP) is 3.21. The quantitative estimate of drug-likeness (QED) is 0.454. The lowest BCUT2D eigenvalue weighted by Crippen LogP contribution is -2.38. The molecule has 1 aliphatic heterocycles. The molecule has 2 aromatic carbocycles. The summed E-state index contributed by atoms with van der Waals surface area (Å²) in [4.78, 5) is 29.5. The van der Waals surface area contributed by atoms with Gasteiger partial charge in [-0.05, 0) is 49.7 Å². The smallest absolute Gasteiger partial charge is 0.237 e. The number of nitrogens with one attached hydrogen (secondary N) is 2. The summed E-state index contributed by atoms with van der Waals surface area (Å²) in [5.41, 5.74) is 2.87. The maximum atomic E-state index is 13.1. The highest BCUT2D eigenvalue weighted by Crippen LogP contribution is 2.30. The van der Waals surface area contributed by atoms with Gasteiger partial charge in [0.15, 0.2) is 5.82 Å². The second-order valence-electron chi connectivity index (χ2n) is 8.56. The largest absolute Gasteiger partial charge is 0.341 e. The summed E-state index contributed by atoms with van der Waals surface area (Å²) in [6, 6.07) is 14.1. The average molecular weight is 448 g/mol. The van der Waals surface area contributed by atoms with Crippen molar-refractivity contribution in [1.29, 1.82) is 0 Å². The van der Waals surface area contributed by atoms with E-state index >= 15 is 0 Å². The number of halogens is 1. The molecule has 0 bridgehead atoms. The first-order valence-corrected chi connectivity index (χ1v) is 11.1. The maximum Gasteiger partial charge on any atom is 0.237 e. The van der Waals surface area contributed by atoms with Crippen molar-refractivity contribution < 1.29 is 9.18 Å². The van der Waals surface area contributed by atoms with Crippen molar-refractivity contribution in [2.45, 2.75) is 31.8 Å². The second kappa shape index (κ2) is 9.11. The van der Waals surface area contributed by atoms with E-state index < -0.39 is 0 Å². The summed E-state index contributed by atoms with van der Waals surface area (Å²) in [5, 5.41) is 7.36. The molecule has 9 heteroatoms. The van der Waals surface area contributed by atoms with Gasteiger partial charge < -0.3 is 9.88 Å². The first kappa shape index (κ1) is 21.3. The number of hydrogen-bond acceptors (Lipinski definition) is 5. The minimum Gasteiger partial charge on any atom is -0.341 e. The van der Waals surface area contributed by atoms with Crippen LogP contribution in [0.2, 0.25) is 0 Å². The zero-order chi connectivity index (χ0) is 22.8. The Kier molecular flexibility index (Phi) is 5.87. The van der Waals surface area contributed by atoms with Gasteiger partial charge in [0.05, 0.1) is 30.2 Å². The molecule has 2 aromatic heterocycles. The van der Waals surface area contributed by atoms with E-state index in [1.807, 2.05) is 41.1 Å². The van der Waals surface area contributed by atoms with E-state index in [2.05, 4.69) is 25.1 Å². The fourth-order valence-electron chi connectivity index (χ4n) is 4.38. The van der Waals surface area contributed by atoms with Gasteiger partial charge in [0, 0.05) is 13.0 Å². The third-order valence-corrected chi connectivity index (χ3v) is 5.97. The van der Waals surface area contributed by atoms with Crippen molar-refractivity contribution in [3.8, 4) is 0 Å². The molecule has 2 N–H and O–H groups in total. The highest BCUT2D eigenvalue weighted by Gasteiger charge is 2.33. The molecule has 0 saturated carbocycles. The normalized spacial score (nSPS) is 16.2. The SMILES string of the molecule is CN(CC(=O)N1CCC[C@H]1c1n[nH]c(Cc2ccc(F)cc2)n1)Cc1nc2ccccc2[nH]1. The number of aromatic amines is 2. The van der Waals surface area contributed by atoms with Gasteiger partial charge in [0.25, 0.3) is 0 Å². The number of para-hydroxylation sites is 2. The van der Waals surface area contributed by atoms with Crippen LogP contribution in [0.4, 0.5) is 4.39 Å². The Morgan fingerprint density at radius 1 is 1.15 bits per heavy atom. The molecule has 0 unspecified atom stereocenters. The molecule has 4 aromatic rings. The van der Waals surface area contributed by atoms with Gasteiger partial charge in [-0.1, -0.05) is 24.3 Å². The lowest BCUT2D eigenvalue weighted by Gasteiger charge is -2.25. The molecule has 1 atom stereocenters. The van der Waals surface area contributed by atoms with Gasteiger partial charge in [-0.3, -0.25) is 14.8 Å². The molecule has 3 heterocycles. The Morgan fingerprint density at radius 2 is 1.97 bits per heavy atom. The van der Waals surface area contributed by atoms with Gasteiger partial charge in [0.2, 0.25) is 5.91 Å². The number of aromatic nitrogens is 5.